The van der Waals surface area contributed by atoms with Crippen molar-refractivity contribution in [2.75, 3.05) is 17.7 Å². The summed E-state index contributed by atoms with van der Waals surface area (Å²) < 4.78 is 18.1. The van der Waals surface area contributed by atoms with Crippen LogP contribution in [-0.4, -0.2) is 21.6 Å². The van der Waals surface area contributed by atoms with E-state index in [1.807, 2.05) is 0 Å². The van der Waals surface area contributed by atoms with Gasteiger partial charge in [-0.05, 0) is 25.1 Å². The third-order valence-corrected chi connectivity index (χ3v) is 1.99. The third-order valence-electron chi connectivity index (χ3n) is 1.99. The number of hydrogen-bond acceptors (Lipinski definition) is 6. The molecule has 2 rings (SSSR count). The van der Waals surface area contributed by atoms with E-state index in [2.05, 4.69) is 20.3 Å². The quantitative estimate of drug-likeness (QED) is 0.858. The van der Waals surface area contributed by atoms with Crippen LogP contribution in [0.1, 0.15) is 6.92 Å². The van der Waals surface area contributed by atoms with Crippen LogP contribution in [0.4, 0.5) is 22.0 Å². The fourth-order valence-corrected chi connectivity index (χ4v) is 1.32. The number of anilines is 3. The highest BCUT2D eigenvalue weighted by Gasteiger charge is 2.05. The summed E-state index contributed by atoms with van der Waals surface area (Å²) in [5.74, 6) is -0.115. The first-order valence-electron chi connectivity index (χ1n) is 5.34. The van der Waals surface area contributed by atoms with Crippen molar-refractivity contribution >= 4 is 17.6 Å². The van der Waals surface area contributed by atoms with Gasteiger partial charge in [-0.15, -0.1) is 0 Å². The van der Waals surface area contributed by atoms with Gasteiger partial charge in [-0.1, -0.05) is 6.07 Å². The lowest BCUT2D eigenvalue weighted by molar-refractivity contribution is 0.312. The first-order valence-corrected chi connectivity index (χ1v) is 5.34. The van der Waals surface area contributed by atoms with Gasteiger partial charge in [-0.25, -0.2) is 4.39 Å². The van der Waals surface area contributed by atoms with Gasteiger partial charge in [-0.2, -0.15) is 15.0 Å². The minimum atomic E-state index is -0.355. The summed E-state index contributed by atoms with van der Waals surface area (Å²) >= 11 is 0. The lowest BCUT2D eigenvalue weighted by atomic mass is 10.3. The van der Waals surface area contributed by atoms with Crippen LogP contribution in [0, 0.1) is 5.82 Å². The van der Waals surface area contributed by atoms with Crippen LogP contribution >= 0.6 is 0 Å². The summed E-state index contributed by atoms with van der Waals surface area (Å²) in [5, 5.41) is 2.82. The van der Waals surface area contributed by atoms with Crippen LogP contribution in [0.25, 0.3) is 0 Å². The molecule has 0 spiro atoms. The maximum atomic E-state index is 13.0. The van der Waals surface area contributed by atoms with E-state index in [4.69, 9.17) is 10.5 Å². The zero-order chi connectivity index (χ0) is 13.0. The highest BCUT2D eigenvalue weighted by molar-refractivity contribution is 5.53. The number of nitrogen functional groups attached to an aromatic ring is 1. The van der Waals surface area contributed by atoms with Crippen molar-refractivity contribution in [3.8, 4) is 6.01 Å². The zero-order valence-corrected chi connectivity index (χ0v) is 9.72. The molecule has 94 valence electrons. The Balaban J connectivity index is 2.23. The van der Waals surface area contributed by atoms with E-state index in [0.29, 0.717) is 12.3 Å². The molecule has 18 heavy (non-hydrogen) atoms. The van der Waals surface area contributed by atoms with Crippen LogP contribution in [-0.2, 0) is 0 Å². The second-order valence-electron chi connectivity index (χ2n) is 3.37. The van der Waals surface area contributed by atoms with Crippen molar-refractivity contribution in [2.24, 2.45) is 0 Å². The first-order chi connectivity index (χ1) is 8.67. The topological polar surface area (TPSA) is 86.0 Å². The molecule has 1 aromatic heterocycles. The normalized spacial score (nSPS) is 10.1. The van der Waals surface area contributed by atoms with E-state index in [9.17, 15) is 4.39 Å². The van der Waals surface area contributed by atoms with Crippen LogP contribution in [0.3, 0.4) is 0 Å². The third kappa shape index (κ3) is 3.03. The highest BCUT2D eigenvalue weighted by Crippen LogP contribution is 2.16. The largest absolute Gasteiger partial charge is 0.464 e. The average Bonchev–Trinajstić information content (AvgIpc) is 2.28. The van der Waals surface area contributed by atoms with Crippen LogP contribution in [0.2, 0.25) is 0 Å². The highest BCUT2D eigenvalue weighted by atomic mass is 19.1. The molecule has 0 bridgehead atoms. The Morgan fingerprint density at radius 3 is 2.89 bits per heavy atom. The molecule has 0 aliphatic heterocycles. The summed E-state index contributed by atoms with van der Waals surface area (Å²) in [6.07, 6.45) is 0. The van der Waals surface area contributed by atoms with E-state index < -0.39 is 0 Å². The van der Waals surface area contributed by atoms with E-state index in [1.54, 1.807) is 19.1 Å². The second kappa shape index (κ2) is 5.26. The molecule has 0 saturated heterocycles. The number of ether oxygens (including phenoxy) is 1. The van der Waals surface area contributed by atoms with Crippen LogP contribution in [0.5, 0.6) is 6.01 Å². The number of hydrogen-bond donors (Lipinski definition) is 2. The molecule has 0 radical (unpaired) electrons. The predicted molar refractivity (Wildman–Crippen MR) is 65.1 cm³/mol. The molecule has 0 amide bonds. The Morgan fingerprint density at radius 1 is 1.33 bits per heavy atom. The summed E-state index contributed by atoms with van der Waals surface area (Å²) in [4.78, 5) is 11.7. The van der Waals surface area contributed by atoms with E-state index in [1.165, 1.54) is 12.1 Å². The van der Waals surface area contributed by atoms with Gasteiger partial charge in [0.15, 0.2) is 0 Å². The molecule has 6 nitrogen and oxygen atoms in total. The van der Waals surface area contributed by atoms with Crippen molar-refractivity contribution < 1.29 is 9.13 Å². The average molecular weight is 249 g/mol. The van der Waals surface area contributed by atoms with Crippen molar-refractivity contribution in [3.63, 3.8) is 0 Å². The number of nitrogens with one attached hydrogen (secondary N) is 1. The van der Waals surface area contributed by atoms with E-state index >= 15 is 0 Å². The molecule has 2 aromatic rings. The second-order valence-corrected chi connectivity index (χ2v) is 3.37. The molecule has 3 N–H and O–H groups in total. The maximum absolute atomic E-state index is 13.0. The Labute approximate surface area is 103 Å². The van der Waals surface area contributed by atoms with Gasteiger partial charge in [0.2, 0.25) is 11.9 Å². The Kier molecular flexibility index (Phi) is 3.52. The minimum absolute atomic E-state index is 0.0346. The molecular weight excluding hydrogens is 237 g/mol. The van der Waals surface area contributed by atoms with Gasteiger partial charge in [0.25, 0.3) is 0 Å². The minimum Gasteiger partial charge on any atom is -0.464 e. The molecule has 0 fully saturated rings. The number of rotatable bonds is 4. The SMILES string of the molecule is CCOc1nc(N)nc(Nc2cccc(F)c2)n1. The lowest BCUT2D eigenvalue weighted by Gasteiger charge is -2.07. The van der Waals surface area contributed by atoms with Gasteiger partial charge in [0.1, 0.15) is 5.82 Å². The van der Waals surface area contributed by atoms with Crippen LogP contribution < -0.4 is 15.8 Å². The fraction of sp³-hybridized carbons (Fsp3) is 0.182. The zero-order valence-electron chi connectivity index (χ0n) is 9.72. The Bertz CT molecular complexity index is 549. The van der Waals surface area contributed by atoms with Crippen molar-refractivity contribution in [3.05, 3.63) is 30.1 Å². The summed E-state index contributed by atoms with van der Waals surface area (Å²) in [6, 6.07) is 6.05. The molecule has 0 atom stereocenters. The summed E-state index contributed by atoms with van der Waals surface area (Å²) in [5.41, 5.74) is 6.03. The monoisotopic (exact) mass is 249 g/mol. The van der Waals surface area contributed by atoms with Gasteiger partial charge in [0, 0.05) is 5.69 Å². The molecule has 7 heteroatoms. The molecular formula is C11H12FN5O. The lowest BCUT2D eigenvalue weighted by Crippen LogP contribution is -2.06. The summed E-state index contributed by atoms with van der Waals surface area (Å²) in [6.45, 7) is 2.22. The van der Waals surface area contributed by atoms with Gasteiger partial charge in [-0.3, -0.25) is 0 Å². The van der Waals surface area contributed by atoms with E-state index in [0.717, 1.165) is 0 Å². The fourth-order valence-electron chi connectivity index (χ4n) is 1.32. The molecule has 0 aliphatic carbocycles. The Hall–Kier alpha value is -2.44. The van der Waals surface area contributed by atoms with Crippen molar-refractivity contribution in [1.82, 2.24) is 15.0 Å². The first kappa shape index (κ1) is 12.0. The number of halogens is 1. The van der Waals surface area contributed by atoms with Gasteiger partial charge < -0.3 is 15.8 Å². The molecule has 0 saturated carbocycles. The summed E-state index contributed by atoms with van der Waals surface area (Å²) in [7, 11) is 0. The number of benzene rings is 1. The number of nitrogens with two attached hydrogens (primary N) is 1. The number of aromatic nitrogens is 3. The van der Waals surface area contributed by atoms with Gasteiger partial charge >= 0.3 is 6.01 Å². The van der Waals surface area contributed by atoms with Gasteiger partial charge in [0.05, 0.1) is 6.61 Å². The van der Waals surface area contributed by atoms with E-state index in [-0.39, 0.29) is 23.7 Å². The predicted octanol–water partition coefficient (Wildman–Crippen LogP) is 1.74. The molecule has 0 unspecified atom stereocenters. The smallest absolute Gasteiger partial charge is 0.323 e. The molecule has 0 aliphatic rings. The molecule has 1 aromatic carbocycles. The van der Waals surface area contributed by atoms with Crippen molar-refractivity contribution in [2.45, 2.75) is 6.92 Å². The Morgan fingerprint density at radius 2 is 2.17 bits per heavy atom. The maximum Gasteiger partial charge on any atom is 0.323 e. The van der Waals surface area contributed by atoms with Crippen molar-refractivity contribution in [1.29, 1.82) is 0 Å². The number of nitrogens with zero attached hydrogens (tertiary/aromatic N) is 3. The van der Waals surface area contributed by atoms with Crippen LogP contribution in [0.15, 0.2) is 24.3 Å². The standard InChI is InChI=1S/C11H12FN5O/c1-2-18-11-16-9(13)15-10(17-11)14-8-5-3-4-7(12)6-8/h3-6H,2H2,1H3,(H3,13,14,15,16,17). The molecule has 1 heterocycles.